The number of aliphatic imine (C=N–C) groups is 1. The van der Waals surface area contributed by atoms with Crippen LogP contribution in [0.1, 0.15) is 12.5 Å². The van der Waals surface area contributed by atoms with Crippen molar-refractivity contribution in [3.05, 3.63) is 88.0 Å². The molecule has 0 radical (unpaired) electrons. The van der Waals surface area contributed by atoms with Gasteiger partial charge in [-0.2, -0.15) is 0 Å². The van der Waals surface area contributed by atoms with Crippen LogP contribution in [0.15, 0.2) is 76.6 Å². The molecule has 3 aromatic carbocycles. The maximum Gasteiger partial charge on any atom is 0.264 e. The molecular weight excluding hydrogens is 505 g/mol. The first-order valence-electron chi connectivity index (χ1n) is 10.9. The summed E-state index contributed by atoms with van der Waals surface area (Å²) < 4.78 is 24.5. The van der Waals surface area contributed by atoms with Gasteiger partial charge in [0.25, 0.3) is 11.8 Å². The summed E-state index contributed by atoms with van der Waals surface area (Å²) in [7, 11) is 0. The zero-order chi connectivity index (χ0) is 25.5. The van der Waals surface area contributed by atoms with Crippen molar-refractivity contribution in [3.63, 3.8) is 0 Å². The van der Waals surface area contributed by atoms with Crippen LogP contribution < -0.4 is 20.1 Å². The molecule has 4 rings (SSSR count). The third kappa shape index (κ3) is 6.65. The molecule has 7 nitrogen and oxygen atoms in total. The van der Waals surface area contributed by atoms with E-state index in [0.717, 1.165) is 5.75 Å². The molecule has 1 heterocycles. The average molecular weight is 526 g/mol. The fourth-order valence-corrected chi connectivity index (χ4v) is 4.23. The summed E-state index contributed by atoms with van der Waals surface area (Å²) in [5.41, 5.74) is 1.42. The lowest BCUT2D eigenvalue weighted by Crippen LogP contribution is -2.20. The van der Waals surface area contributed by atoms with E-state index >= 15 is 0 Å². The second-order valence-corrected chi connectivity index (χ2v) is 8.85. The summed E-state index contributed by atoms with van der Waals surface area (Å²) >= 11 is 7.51. The van der Waals surface area contributed by atoms with Crippen LogP contribution in [0.25, 0.3) is 6.08 Å². The number of carbonyl (C=O) groups excluding carboxylic acids is 2. The minimum atomic E-state index is -0.539. The highest BCUT2D eigenvalue weighted by molar-refractivity contribution is 8.18. The number of rotatable bonds is 8. The van der Waals surface area contributed by atoms with Crippen LogP contribution in [0, 0.1) is 5.82 Å². The topological polar surface area (TPSA) is 89.0 Å². The van der Waals surface area contributed by atoms with Crippen molar-refractivity contribution in [3.8, 4) is 11.5 Å². The minimum absolute atomic E-state index is 0.0666. The van der Waals surface area contributed by atoms with Crippen LogP contribution in [0.3, 0.4) is 0 Å². The summed E-state index contributed by atoms with van der Waals surface area (Å²) in [6.07, 6.45) is 1.68. The van der Waals surface area contributed by atoms with Gasteiger partial charge in [0.1, 0.15) is 17.3 Å². The number of halogens is 2. The maximum absolute atomic E-state index is 13.7. The molecule has 1 saturated heterocycles. The quantitative estimate of drug-likeness (QED) is 0.363. The van der Waals surface area contributed by atoms with Gasteiger partial charge in [-0.15, -0.1) is 0 Å². The molecule has 0 aromatic heterocycles. The van der Waals surface area contributed by atoms with E-state index in [2.05, 4.69) is 15.6 Å². The van der Waals surface area contributed by atoms with Crippen LogP contribution in [0.2, 0.25) is 5.02 Å². The number of anilines is 1. The van der Waals surface area contributed by atoms with Gasteiger partial charge in [0, 0.05) is 0 Å². The number of hydrogen-bond donors (Lipinski definition) is 2. The summed E-state index contributed by atoms with van der Waals surface area (Å²) in [5.74, 6) is -0.307. The number of hydrogen-bond acceptors (Lipinski definition) is 6. The second-order valence-electron chi connectivity index (χ2n) is 7.42. The molecule has 3 aromatic rings. The van der Waals surface area contributed by atoms with Crippen molar-refractivity contribution in [2.75, 3.05) is 18.5 Å². The third-order valence-electron chi connectivity index (χ3n) is 4.79. The molecule has 2 amide bonds. The molecule has 184 valence electrons. The third-order valence-corrected chi connectivity index (χ3v) is 5.99. The van der Waals surface area contributed by atoms with Gasteiger partial charge in [-0.05, 0) is 78.9 Å². The SMILES string of the molecule is CCOc1ccc(N=C2NC(=O)/C(=C/c3ccc(OCC(=O)Nc4ccccc4F)c(Cl)c3)S2)cc1. The first-order valence-corrected chi connectivity index (χ1v) is 12.1. The lowest BCUT2D eigenvalue weighted by molar-refractivity contribution is -0.118. The van der Waals surface area contributed by atoms with Crippen molar-refractivity contribution in [2.24, 2.45) is 4.99 Å². The van der Waals surface area contributed by atoms with Crippen molar-refractivity contribution in [1.82, 2.24) is 5.32 Å². The van der Waals surface area contributed by atoms with E-state index in [-0.39, 0.29) is 29.0 Å². The Labute approximate surface area is 216 Å². The van der Waals surface area contributed by atoms with Crippen molar-refractivity contribution in [2.45, 2.75) is 6.92 Å². The van der Waals surface area contributed by atoms with Gasteiger partial charge in [0.15, 0.2) is 11.8 Å². The molecule has 0 bridgehead atoms. The van der Waals surface area contributed by atoms with E-state index < -0.39 is 11.7 Å². The van der Waals surface area contributed by atoms with E-state index in [9.17, 15) is 14.0 Å². The largest absolute Gasteiger partial charge is 0.494 e. The Bertz CT molecular complexity index is 1350. The Morgan fingerprint density at radius 2 is 1.92 bits per heavy atom. The van der Waals surface area contributed by atoms with Crippen LogP contribution >= 0.6 is 23.4 Å². The number of amidine groups is 1. The average Bonchev–Trinajstić information content (AvgIpc) is 3.19. The number of ether oxygens (including phenoxy) is 2. The number of thioether (sulfide) groups is 1. The van der Waals surface area contributed by atoms with E-state index in [0.29, 0.717) is 27.9 Å². The fraction of sp³-hybridized carbons (Fsp3) is 0.115. The first-order chi connectivity index (χ1) is 17.4. The minimum Gasteiger partial charge on any atom is -0.494 e. The Morgan fingerprint density at radius 3 is 2.64 bits per heavy atom. The number of amides is 2. The highest BCUT2D eigenvalue weighted by Gasteiger charge is 2.24. The molecular formula is C26H21ClFN3O4S. The Balaban J connectivity index is 1.37. The number of benzene rings is 3. The van der Waals surface area contributed by atoms with Crippen LogP contribution in [-0.2, 0) is 9.59 Å². The molecule has 0 saturated carbocycles. The smallest absolute Gasteiger partial charge is 0.264 e. The van der Waals surface area contributed by atoms with Gasteiger partial charge in [0.2, 0.25) is 0 Å². The number of para-hydroxylation sites is 1. The fourth-order valence-electron chi connectivity index (χ4n) is 3.15. The standard InChI is InChI=1S/C26H21ClFN3O4S/c1-2-34-18-10-8-17(9-11-18)29-26-31-25(33)23(36-26)14-16-7-12-22(19(27)13-16)35-15-24(32)30-21-6-4-3-5-20(21)28/h3-14H,2,15H2,1H3,(H,30,32)(H,29,31,33)/b23-14-. The Morgan fingerprint density at radius 1 is 1.14 bits per heavy atom. The van der Waals surface area contributed by atoms with Gasteiger partial charge in [-0.1, -0.05) is 29.8 Å². The van der Waals surface area contributed by atoms with Crippen molar-refractivity contribution < 1.29 is 23.5 Å². The lowest BCUT2D eigenvalue weighted by atomic mass is 10.2. The molecule has 1 aliphatic rings. The maximum atomic E-state index is 13.7. The zero-order valence-corrected chi connectivity index (χ0v) is 20.7. The molecule has 0 atom stereocenters. The van der Waals surface area contributed by atoms with E-state index in [1.165, 1.54) is 30.0 Å². The van der Waals surface area contributed by atoms with Gasteiger partial charge < -0.3 is 20.1 Å². The predicted octanol–water partition coefficient (Wildman–Crippen LogP) is 5.79. The van der Waals surface area contributed by atoms with Gasteiger partial charge >= 0.3 is 0 Å². The molecule has 36 heavy (non-hydrogen) atoms. The van der Waals surface area contributed by atoms with Crippen molar-refractivity contribution in [1.29, 1.82) is 0 Å². The molecule has 0 spiro atoms. The number of nitrogens with one attached hydrogen (secondary N) is 2. The Hall–Kier alpha value is -3.82. The van der Waals surface area contributed by atoms with Crippen LogP contribution in [0.5, 0.6) is 11.5 Å². The van der Waals surface area contributed by atoms with E-state index in [1.54, 1.807) is 30.3 Å². The highest BCUT2D eigenvalue weighted by atomic mass is 35.5. The van der Waals surface area contributed by atoms with Gasteiger partial charge in [-0.25, -0.2) is 9.38 Å². The molecule has 1 fully saturated rings. The first kappa shape index (κ1) is 25.3. The predicted molar refractivity (Wildman–Crippen MR) is 140 cm³/mol. The monoisotopic (exact) mass is 525 g/mol. The van der Waals surface area contributed by atoms with Gasteiger partial charge in [-0.3, -0.25) is 9.59 Å². The van der Waals surface area contributed by atoms with Crippen LogP contribution in [0.4, 0.5) is 15.8 Å². The summed E-state index contributed by atoms with van der Waals surface area (Å²) in [6, 6.07) is 18.0. The summed E-state index contributed by atoms with van der Waals surface area (Å²) in [4.78, 5) is 29.4. The summed E-state index contributed by atoms with van der Waals surface area (Å²) in [6.45, 7) is 2.14. The van der Waals surface area contributed by atoms with E-state index in [4.69, 9.17) is 21.1 Å². The molecule has 1 aliphatic heterocycles. The van der Waals surface area contributed by atoms with Crippen molar-refractivity contribution >= 4 is 57.8 Å². The molecule has 0 unspecified atom stereocenters. The van der Waals surface area contributed by atoms with Crippen LogP contribution in [-0.4, -0.2) is 30.2 Å². The normalized spacial score (nSPS) is 15.1. The highest BCUT2D eigenvalue weighted by Crippen LogP contribution is 2.31. The summed E-state index contributed by atoms with van der Waals surface area (Å²) in [5, 5.41) is 5.90. The molecule has 2 N–H and O–H groups in total. The molecule has 0 aliphatic carbocycles. The number of carbonyl (C=O) groups is 2. The number of nitrogens with zero attached hydrogens (tertiary/aromatic N) is 1. The molecule has 10 heteroatoms. The van der Waals surface area contributed by atoms with Gasteiger partial charge in [0.05, 0.1) is 27.9 Å². The zero-order valence-electron chi connectivity index (χ0n) is 19.1. The van der Waals surface area contributed by atoms with E-state index in [1.807, 2.05) is 31.2 Å². The Kier molecular flexibility index (Phi) is 8.24. The second kappa shape index (κ2) is 11.7. The lowest BCUT2D eigenvalue weighted by Gasteiger charge is -2.10.